The van der Waals surface area contributed by atoms with Crippen molar-refractivity contribution in [2.24, 2.45) is 0 Å². The van der Waals surface area contributed by atoms with Crippen LogP contribution in [0.1, 0.15) is 10.5 Å². The van der Waals surface area contributed by atoms with Crippen LogP contribution >= 0.6 is 0 Å². The third-order valence-corrected chi connectivity index (χ3v) is 2.29. The standard InChI is InChI=1S/C12H10FNO2/c1-16-11-6-8(7-15)14-12(11)9-4-2-3-5-10(9)13/h2-7,14H,1H3. The van der Waals surface area contributed by atoms with E-state index in [9.17, 15) is 9.18 Å². The topological polar surface area (TPSA) is 42.1 Å². The Morgan fingerprint density at radius 3 is 2.75 bits per heavy atom. The molecule has 0 unspecified atom stereocenters. The first kappa shape index (κ1) is 10.4. The molecule has 0 amide bonds. The number of aromatic nitrogens is 1. The van der Waals surface area contributed by atoms with Crippen LogP contribution in [-0.2, 0) is 0 Å². The molecule has 0 bridgehead atoms. The first-order valence-corrected chi connectivity index (χ1v) is 4.73. The molecule has 1 heterocycles. The van der Waals surface area contributed by atoms with Crippen LogP contribution < -0.4 is 4.74 Å². The molecule has 1 aromatic heterocycles. The second-order valence-electron chi connectivity index (χ2n) is 3.27. The third-order valence-electron chi connectivity index (χ3n) is 2.29. The average Bonchev–Trinajstić information content (AvgIpc) is 2.72. The van der Waals surface area contributed by atoms with E-state index < -0.39 is 0 Å². The summed E-state index contributed by atoms with van der Waals surface area (Å²) in [4.78, 5) is 13.4. The van der Waals surface area contributed by atoms with Gasteiger partial charge >= 0.3 is 0 Å². The Balaban J connectivity index is 2.59. The Bertz CT molecular complexity index is 519. The maximum Gasteiger partial charge on any atom is 0.166 e. The first-order chi connectivity index (χ1) is 7.76. The predicted octanol–water partition coefficient (Wildman–Crippen LogP) is 2.64. The molecule has 0 saturated heterocycles. The van der Waals surface area contributed by atoms with E-state index in [1.807, 2.05) is 0 Å². The van der Waals surface area contributed by atoms with Crippen molar-refractivity contribution in [3.63, 3.8) is 0 Å². The SMILES string of the molecule is COc1cc(C=O)[nH]c1-c1ccccc1F. The Labute approximate surface area is 91.9 Å². The van der Waals surface area contributed by atoms with Crippen molar-refractivity contribution in [1.29, 1.82) is 0 Å². The molecule has 1 N–H and O–H groups in total. The number of aldehydes is 1. The number of carbonyl (C=O) groups is 1. The van der Waals surface area contributed by atoms with Crippen LogP contribution in [0.5, 0.6) is 5.75 Å². The van der Waals surface area contributed by atoms with Crippen LogP contribution in [0.25, 0.3) is 11.3 Å². The number of rotatable bonds is 3. The highest BCUT2D eigenvalue weighted by Crippen LogP contribution is 2.31. The number of methoxy groups -OCH3 is 1. The highest BCUT2D eigenvalue weighted by molar-refractivity contribution is 5.79. The van der Waals surface area contributed by atoms with Crippen molar-refractivity contribution >= 4 is 6.29 Å². The second kappa shape index (κ2) is 4.18. The van der Waals surface area contributed by atoms with Gasteiger partial charge < -0.3 is 9.72 Å². The lowest BCUT2D eigenvalue weighted by Crippen LogP contribution is -1.88. The Morgan fingerprint density at radius 1 is 1.38 bits per heavy atom. The summed E-state index contributed by atoms with van der Waals surface area (Å²) in [5, 5.41) is 0. The van der Waals surface area contributed by atoms with Crippen molar-refractivity contribution in [1.82, 2.24) is 4.98 Å². The number of ether oxygens (including phenoxy) is 1. The van der Waals surface area contributed by atoms with Crippen molar-refractivity contribution in [2.45, 2.75) is 0 Å². The molecule has 0 aliphatic carbocycles. The number of carbonyl (C=O) groups excluding carboxylic acids is 1. The highest BCUT2D eigenvalue weighted by atomic mass is 19.1. The molecular formula is C12H10FNO2. The number of aromatic amines is 1. The zero-order valence-electron chi connectivity index (χ0n) is 8.66. The normalized spacial score (nSPS) is 10.1. The molecule has 0 fully saturated rings. The summed E-state index contributed by atoms with van der Waals surface area (Å²) in [7, 11) is 1.47. The van der Waals surface area contributed by atoms with E-state index >= 15 is 0 Å². The molecule has 2 aromatic rings. The van der Waals surface area contributed by atoms with Gasteiger partial charge in [-0.2, -0.15) is 0 Å². The lowest BCUT2D eigenvalue weighted by Gasteiger charge is -2.03. The van der Waals surface area contributed by atoms with Crippen molar-refractivity contribution in [3.05, 3.63) is 41.8 Å². The maximum atomic E-state index is 13.5. The summed E-state index contributed by atoms with van der Waals surface area (Å²) in [6.45, 7) is 0. The molecule has 0 aliphatic heterocycles. The average molecular weight is 219 g/mol. The van der Waals surface area contributed by atoms with E-state index in [2.05, 4.69) is 4.98 Å². The Morgan fingerprint density at radius 2 is 2.12 bits per heavy atom. The largest absolute Gasteiger partial charge is 0.494 e. The highest BCUT2D eigenvalue weighted by Gasteiger charge is 2.13. The minimum absolute atomic E-state index is 0.357. The second-order valence-corrected chi connectivity index (χ2v) is 3.27. The monoisotopic (exact) mass is 219 g/mol. The van der Waals surface area contributed by atoms with Gasteiger partial charge in [-0.15, -0.1) is 0 Å². The predicted molar refractivity (Wildman–Crippen MR) is 58.1 cm³/mol. The van der Waals surface area contributed by atoms with E-state index in [1.165, 1.54) is 19.2 Å². The minimum atomic E-state index is -0.361. The Kier molecular flexibility index (Phi) is 2.72. The summed E-state index contributed by atoms with van der Waals surface area (Å²) >= 11 is 0. The molecule has 4 heteroatoms. The summed E-state index contributed by atoms with van der Waals surface area (Å²) in [5.41, 5.74) is 1.21. The van der Waals surface area contributed by atoms with Gasteiger partial charge in [-0.1, -0.05) is 12.1 Å². The number of hydrogen-bond acceptors (Lipinski definition) is 2. The molecule has 1 aromatic carbocycles. The number of benzene rings is 1. The summed E-state index contributed by atoms with van der Waals surface area (Å²) in [5.74, 6) is 0.0901. The van der Waals surface area contributed by atoms with Crippen LogP contribution in [0.3, 0.4) is 0 Å². The molecule has 2 rings (SSSR count). The van der Waals surface area contributed by atoms with Crippen molar-refractivity contribution in [2.75, 3.05) is 7.11 Å². The van der Waals surface area contributed by atoms with E-state index in [-0.39, 0.29) is 5.82 Å². The fourth-order valence-electron chi connectivity index (χ4n) is 1.54. The fraction of sp³-hybridized carbons (Fsp3) is 0.0833. The van der Waals surface area contributed by atoms with Gasteiger partial charge in [-0.05, 0) is 12.1 Å². The molecule has 0 radical (unpaired) electrons. The lowest BCUT2D eigenvalue weighted by atomic mass is 10.1. The zero-order valence-corrected chi connectivity index (χ0v) is 8.66. The number of hydrogen-bond donors (Lipinski definition) is 1. The van der Waals surface area contributed by atoms with E-state index in [0.717, 1.165) is 0 Å². The van der Waals surface area contributed by atoms with Crippen LogP contribution in [0.4, 0.5) is 4.39 Å². The molecule has 3 nitrogen and oxygen atoms in total. The van der Waals surface area contributed by atoms with E-state index in [1.54, 1.807) is 18.2 Å². The van der Waals surface area contributed by atoms with Gasteiger partial charge in [0.15, 0.2) is 6.29 Å². The molecule has 82 valence electrons. The molecule has 0 saturated carbocycles. The van der Waals surface area contributed by atoms with Crippen LogP contribution in [-0.4, -0.2) is 18.4 Å². The van der Waals surface area contributed by atoms with Crippen molar-refractivity contribution < 1.29 is 13.9 Å². The zero-order chi connectivity index (χ0) is 11.5. The number of halogens is 1. The summed E-state index contributed by atoms with van der Waals surface area (Å²) in [6.07, 6.45) is 0.660. The molecule has 0 aliphatic rings. The quantitative estimate of drug-likeness (QED) is 0.806. The van der Waals surface area contributed by atoms with Gasteiger partial charge in [-0.3, -0.25) is 4.79 Å². The fourth-order valence-corrected chi connectivity index (χ4v) is 1.54. The van der Waals surface area contributed by atoms with Gasteiger partial charge in [0.05, 0.1) is 18.5 Å². The molecule has 0 spiro atoms. The third kappa shape index (κ3) is 1.69. The molecule has 0 atom stereocenters. The number of nitrogens with one attached hydrogen (secondary N) is 1. The summed E-state index contributed by atoms with van der Waals surface area (Å²) < 4.78 is 18.6. The van der Waals surface area contributed by atoms with Gasteiger partial charge in [0, 0.05) is 11.6 Å². The van der Waals surface area contributed by atoms with Gasteiger partial charge in [0.25, 0.3) is 0 Å². The van der Waals surface area contributed by atoms with Gasteiger partial charge in [-0.25, -0.2) is 4.39 Å². The van der Waals surface area contributed by atoms with Crippen LogP contribution in [0, 0.1) is 5.82 Å². The smallest absolute Gasteiger partial charge is 0.166 e. The van der Waals surface area contributed by atoms with E-state index in [0.29, 0.717) is 29.0 Å². The van der Waals surface area contributed by atoms with Crippen molar-refractivity contribution in [3.8, 4) is 17.0 Å². The minimum Gasteiger partial charge on any atom is -0.494 e. The van der Waals surface area contributed by atoms with E-state index in [4.69, 9.17) is 4.74 Å². The first-order valence-electron chi connectivity index (χ1n) is 4.73. The van der Waals surface area contributed by atoms with Crippen LogP contribution in [0.2, 0.25) is 0 Å². The maximum absolute atomic E-state index is 13.5. The summed E-state index contributed by atoms with van der Waals surface area (Å²) in [6, 6.07) is 7.84. The van der Waals surface area contributed by atoms with Gasteiger partial charge in [0.2, 0.25) is 0 Å². The lowest BCUT2D eigenvalue weighted by molar-refractivity contribution is 0.111. The molecular weight excluding hydrogens is 209 g/mol. The van der Waals surface area contributed by atoms with Gasteiger partial charge in [0.1, 0.15) is 11.6 Å². The number of H-pyrrole nitrogens is 1. The Hall–Kier alpha value is -2.10. The molecule has 16 heavy (non-hydrogen) atoms. The van der Waals surface area contributed by atoms with Crippen LogP contribution in [0.15, 0.2) is 30.3 Å².